The monoisotopic (exact) mass is 621 g/mol. The van der Waals surface area contributed by atoms with Crippen LogP contribution in [0.1, 0.15) is 39.2 Å². The van der Waals surface area contributed by atoms with Crippen molar-refractivity contribution in [2.45, 2.75) is 75.8 Å². The van der Waals surface area contributed by atoms with Crippen molar-refractivity contribution in [2.24, 2.45) is 5.92 Å². The van der Waals surface area contributed by atoms with Crippen molar-refractivity contribution in [1.82, 2.24) is 10.6 Å². The van der Waals surface area contributed by atoms with Gasteiger partial charge in [-0.1, -0.05) is 42.3 Å². The third kappa shape index (κ3) is 6.99. The molecule has 2 fully saturated rings. The average Bonchev–Trinajstić information content (AvgIpc) is 3.63. The maximum absolute atomic E-state index is 13.6. The largest absolute Gasteiger partial charge is 0.506 e. The molecule has 4 bridgehead atoms. The highest BCUT2D eigenvalue weighted by Crippen LogP contribution is 2.49. The molecular weight excluding hydrogens is 582 g/mol. The van der Waals surface area contributed by atoms with Crippen LogP contribution in [0, 0.1) is 5.92 Å². The summed E-state index contributed by atoms with van der Waals surface area (Å²) in [4.78, 5) is 40.2. The van der Waals surface area contributed by atoms with Crippen molar-refractivity contribution >= 4 is 35.3 Å². The molecule has 236 valence electrons. The quantitative estimate of drug-likeness (QED) is 0.291. The number of methoxy groups -OCH3 is 1. The van der Waals surface area contributed by atoms with Gasteiger partial charge in [-0.05, 0) is 45.0 Å². The highest BCUT2D eigenvalue weighted by Gasteiger charge is 2.64. The van der Waals surface area contributed by atoms with Crippen LogP contribution in [0.4, 0.5) is 10.5 Å². The Hall–Kier alpha value is -3.16. The summed E-state index contributed by atoms with van der Waals surface area (Å²) in [5.74, 6) is -1.66. The summed E-state index contributed by atoms with van der Waals surface area (Å²) < 4.78 is 23.0. The van der Waals surface area contributed by atoms with E-state index in [4.69, 9.17) is 30.5 Å². The molecule has 0 aliphatic carbocycles. The zero-order valence-corrected chi connectivity index (χ0v) is 25.9. The second-order valence-electron chi connectivity index (χ2n) is 11.6. The van der Waals surface area contributed by atoms with Gasteiger partial charge in [0.05, 0.1) is 24.8 Å². The molecule has 4 rings (SSSR count). The molecule has 0 unspecified atom stereocenters. The van der Waals surface area contributed by atoms with Crippen LogP contribution in [0.25, 0.3) is 0 Å². The lowest BCUT2D eigenvalue weighted by Crippen LogP contribution is -2.63. The highest BCUT2D eigenvalue weighted by molar-refractivity contribution is 6.35. The van der Waals surface area contributed by atoms with E-state index in [-0.39, 0.29) is 30.2 Å². The first-order valence-electron chi connectivity index (χ1n) is 14.1. The summed E-state index contributed by atoms with van der Waals surface area (Å²) in [7, 11) is 4.55. The number of phenols is 1. The van der Waals surface area contributed by atoms with Crippen LogP contribution in [-0.2, 0) is 35.0 Å². The highest BCUT2D eigenvalue weighted by atomic mass is 35.5. The SMILES string of the molecule is CNCC(=O)O[C@H]1CC(=O)N(C)c2cc(cc(O)c2Cl)C/C(C)=C/C=C/[C@@H](OC)[C@@]2(O)C[C@H](OC(=O)N2)[C@@H](C)[C@@H]2O[C@@]12C. The number of aliphatic hydroxyl groups is 1. The maximum Gasteiger partial charge on any atom is 0.409 e. The molecule has 2 saturated heterocycles. The van der Waals surface area contributed by atoms with Gasteiger partial charge in [0.15, 0.2) is 5.72 Å². The summed E-state index contributed by atoms with van der Waals surface area (Å²) >= 11 is 6.43. The Morgan fingerprint density at radius 2 is 2.05 bits per heavy atom. The van der Waals surface area contributed by atoms with E-state index in [1.54, 1.807) is 39.1 Å². The van der Waals surface area contributed by atoms with Crippen LogP contribution in [-0.4, -0.2) is 91.7 Å². The van der Waals surface area contributed by atoms with E-state index in [2.05, 4.69) is 10.6 Å². The Morgan fingerprint density at radius 3 is 2.72 bits per heavy atom. The maximum atomic E-state index is 13.6. The van der Waals surface area contributed by atoms with E-state index in [1.165, 1.54) is 25.1 Å². The minimum absolute atomic E-state index is 0.00824. The van der Waals surface area contributed by atoms with Gasteiger partial charge in [-0.3, -0.25) is 14.9 Å². The van der Waals surface area contributed by atoms with Gasteiger partial charge in [0, 0.05) is 26.5 Å². The van der Waals surface area contributed by atoms with Crippen molar-refractivity contribution in [3.05, 3.63) is 46.5 Å². The number of hydrogen-bond acceptors (Lipinski definition) is 10. The van der Waals surface area contributed by atoms with Crippen LogP contribution in [0.3, 0.4) is 0 Å². The number of benzene rings is 1. The molecule has 0 saturated carbocycles. The van der Waals surface area contributed by atoms with Crippen LogP contribution in [0.5, 0.6) is 5.75 Å². The Balaban J connectivity index is 1.77. The number of epoxide rings is 1. The van der Waals surface area contributed by atoms with Crippen LogP contribution in [0.2, 0.25) is 5.02 Å². The van der Waals surface area contributed by atoms with Crippen LogP contribution in [0.15, 0.2) is 35.9 Å². The number of hydrogen-bond donors (Lipinski definition) is 4. The fraction of sp³-hybridized carbons (Fsp3) is 0.567. The number of nitrogens with zero attached hydrogens (tertiary/aromatic N) is 1. The lowest BCUT2D eigenvalue weighted by atomic mass is 9.83. The molecule has 7 atom stereocenters. The predicted molar refractivity (Wildman–Crippen MR) is 158 cm³/mol. The third-order valence-electron chi connectivity index (χ3n) is 8.34. The first-order valence-corrected chi connectivity index (χ1v) is 14.5. The predicted octanol–water partition coefficient (Wildman–Crippen LogP) is 2.58. The van der Waals surface area contributed by atoms with E-state index in [0.29, 0.717) is 17.7 Å². The lowest BCUT2D eigenvalue weighted by Gasteiger charge is -2.42. The smallest absolute Gasteiger partial charge is 0.409 e. The van der Waals surface area contributed by atoms with Gasteiger partial charge in [0.1, 0.15) is 34.7 Å². The number of carbonyl (C=O) groups excluding carboxylic acids is 3. The van der Waals surface area contributed by atoms with Crippen molar-refractivity contribution in [3.8, 4) is 5.75 Å². The number of alkyl carbamates (subject to hydrolysis) is 1. The minimum Gasteiger partial charge on any atom is -0.506 e. The van der Waals surface area contributed by atoms with E-state index < -0.39 is 59.6 Å². The first-order chi connectivity index (χ1) is 20.2. The standard InChI is InChI=1S/C30H40ClN3O9/c1-16-8-7-9-22(40-6)30(39)14-21(41-28(38)33-30)17(2)27-29(3,43-27)23(42-25(37)15-32-4)13-24(36)34(5)19-11-18(10-16)12-20(35)26(19)31/h7-9,11-12,17,21-23,27,32,35,39H,10,13-15H2,1-6H3,(H,33,38)/b9-7+,16-8+/t17-,21+,22-,23+,27+,29+,30+/m1/s1. The van der Waals surface area contributed by atoms with Crippen molar-refractivity contribution in [3.63, 3.8) is 0 Å². The molecule has 0 radical (unpaired) electrons. The number of phenolic OH excluding ortho intramolecular Hbond substituents is 1. The summed E-state index contributed by atoms with van der Waals surface area (Å²) in [5.41, 5.74) is -1.01. The summed E-state index contributed by atoms with van der Waals surface area (Å²) in [6.45, 7) is 5.33. The normalized spacial score (nSPS) is 35.1. The average molecular weight is 622 g/mol. The molecule has 3 aliphatic rings. The molecule has 0 aromatic heterocycles. The Labute approximate surface area is 255 Å². The molecule has 4 N–H and O–H groups in total. The number of esters is 1. The van der Waals surface area contributed by atoms with Crippen LogP contribution < -0.4 is 15.5 Å². The zero-order valence-electron chi connectivity index (χ0n) is 25.2. The summed E-state index contributed by atoms with van der Waals surface area (Å²) in [5, 5.41) is 27.4. The number of rotatable bonds is 4. The molecule has 3 heterocycles. The van der Waals surface area contributed by atoms with Gasteiger partial charge in [-0.15, -0.1) is 0 Å². The molecule has 1 aromatic carbocycles. The first kappa shape index (κ1) is 32.7. The van der Waals surface area contributed by atoms with Crippen molar-refractivity contribution in [2.75, 3.05) is 32.6 Å². The second kappa shape index (κ2) is 12.8. The molecule has 12 nitrogen and oxygen atoms in total. The summed E-state index contributed by atoms with van der Waals surface area (Å²) in [6.07, 6.45) is 1.20. The number of ether oxygens (including phenoxy) is 4. The van der Waals surface area contributed by atoms with Gasteiger partial charge in [0.2, 0.25) is 5.91 Å². The lowest BCUT2D eigenvalue weighted by molar-refractivity contribution is -0.152. The molecule has 1 aromatic rings. The Morgan fingerprint density at radius 1 is 1.33 bits per heavy atom. The number of amides is 2. The molecule has 13 heteroatoms. The number of allylic oxidation sites excluding steroid dienone is 3. The fourth-order valence-corrected chi connectivity index (χ4v) is 6.05. The second-order valence-corrected chi connectivity index (χ2v) is 12.0. The van der Waals surface area contributed by atoms with Gasteiger partial charge in [-0.2, -0.15) is 0 Å². The van der Waals surface area contributed by atoms with E-state index in [0.717, 1.165) is 5.57 Å². The number of nitrogens with one attached hydrogen (secondary N) is 2. The van der Waals surface area contributed by atoms with Crippen LogP contribution >= 0.6 is 11.6 Å². The van der Waals surface area contributed by atoms with Crippen molar-refractivity contribution in [1.29, 1.82) is 0 Å². The number of fused-ring (bicyclic) bond motifs is 5. The molecule has 0 spiro atoms. The zero-order chi connectivity index (χ0) is 31.7. The van der Waals surface area contributed by atoms with Gasteiger partial charge >= 0.3 is 12.1 Å². The van der Waals surface area contributed by atoms with E-state index in [9.17, 15) is 24.6 Å². The Bertz CT molecular complexity index is 1320. The molecule has 2 amide bonds. The minimum atomic E-state index is -1.79. The summed E-state index contributed by atoms with van der Waals surface area (Å²) in [6, 6.07) is 3.24. The number of aromatic hydroxyl groups is 1. The molecular formula is C30H40ClN3O9. The van der Waals surface area contributed by atoms with Gasteiger partial charge in [-0.25, -0.2) is 4.79 Å². The number of halogens is 1. The van der Waals surface area contributed by atoms with Gasteiger partial charge in [0.25, 0.3) is 0 Å². The van der Waals surface area contributed by atoms with Gasteiger partial charge < -0.3 is 39.4 Å². The van der Waals surface area contributed by atoms with E-state index in [1.807, 2.05) is 13.0 Å². The Kier molecular flexibility index (Phi) is 9.77. The number of anilines is 1. The fourth-order valence-electron chi connectivity index (χ4n) is 5.81. The van der Waals surface area contributed by atoms with Crippen molar-refractivity contribution < 1.29 is 43.5 Å². The third-order valence-corrected chi connectivity index (χ3v) is 8.73. The van der Waals surface area contributed by atoms with E-state index >= 15 is 0 Å². The number of likely N-dealkylation sites (N-methyl/N-ethyl adjacent to an activating group) is 1. The molecule has 43 heavy (non-hydrogen) atoms. The molecule has 3 aliphatic heterocycles. The number of carbonyl (C=O) groups is 3. The topological polar surface area (TPSA) is 159 Å².